The van der Waals surface area contributed by atoms with Crippen molar-refractivity contribution in [3.63, 3.8) is 0 Å². The molecular weight excluding hydrogens is 354 g/mol. The number of rotatable bonds is 6. The standard InChI is InChI=1S/C19H24ClN3OS/c1-2-17(19(21)24)23-11-9-22(10-12-23)13-14-7-8-18(25-14)15-5-3-4-6-16(15)20/h3-8,17H,2,9-13H2,1H3,(H2,21,24). The molecule has 134 valence electrons. The van der Waals surface area contributed by atoms with Gasteiger partial charge in [0.25, 0.3) is 0 Å². The van der Waals surface area contributed by atoms with Crippen LogP contribution in [0.3, 0.4) is 0 Å². The summed E-state index contributed by atoms with van der Waals surface area (Å²) in [4.78, 5) is 18.7. The Morgan fingerprint density at radius 2 is 1.92 bits per heavy atom. The van der Waals surface area contributed by atoms with Crippen molar-refractivity contribution in [1.82, 2.24) is 9.80 Å². The number of piperazine rings is 1. The number of primary amides is 1. The Morgan fingerprint density at radius 3 is 2.56 bits per heavy atom. The average Bonchev–Trinajstić information content (AvgIpc) is 3.05. The van der Waals surface area contributed by atoms with Crippen LogP contribution in [-0.2, 0) is 11.3 Å². The molecule has 1 unspecified atom stereocenters. The molecule has 0 saturated carbocycles. The summed E-state index contributed by atoms with van der Waals surface area (Å²) in [5.74, 6) is -0.210. The van der Waals surface area contributed by atoms with Gasteiger partial charge in [-0.15, -0.1) is 11.3 Å². The van der Waals surface area contributed by atoms with Crippen molar-refractivity contribution >= 4 is 28.8 Å². The van der Waals surface area contributed by atoms with Gasteiger partial charge in [-0.3, -0.25) is 14.6 Å². The van der Waals surface area contributed by atoms with E-state index in [4.69, 9.17) is 17.3 Å². The normalized spacial score (nSPS) is 17.5. The van der Waals surface area contributed by atoms with E-state index in [1.54, 1.807) is 11.3 Å². The fourth-order valence-electron chi connectivity index (χ4n) is 3.36. The maximum atomic E-state index is 11.5. The van der Waals surface area contributed by atoms with Crippen molar-refractivity contribution in [3.05, 3.63) is 46.3 Å². The molecule has 6 heteroatoms. The van der Waals surface area contributed by atoms with E-state index in [0.29, 0.717) is 0 Å². The third-order valence-corrected chi connectivity index (χ3v) is 6.18. The number of thiophene rings is 1. The van der Waals surface area contributed by atoms with E-state index in [1.807, 2.05) is 25.1 Å². The number of hydrogen-bond donors (Lipinski definition) is 1. The first-order valence-electron chi connectivity index (χ1n) is 8.67. The summed E-state index contributed by atoms with van der Waals surface area (Å²) < 4.78 is 0. The highest BCUT2D eigenvalue weighted by Crippen LogP contribution is 2.33. The Hall–Kier alpha value is -1.40. The maximum Gasteiger partial charge on any atom is 0.234 e. The highest BCUT2D eigenvalue weighted by molar-refractivity contribution is 7.15. The van der Waals surface area contributed by atoms with E-state index < -0.39 is 0 Å². The van der Waals surface area contributed by atoms with Crippen LogP contribution < -0.4 is 5.73 Å². The smallest absolute Gasteiger partial charge is 0.234 e. The maximum absolute atomic E-state index is 11.5. The van der Waals surface area contributed by atoms with Crippen LogP contribution in [0.2, 0.25) is 5.02 Å². The second kappa shape index (κ2) is 8.32. The minimum absolute atomic E-state index is 0.129. The lowest BCUT2D eigenvalue weighted by Gasteiger charge is -2.37. The van der Waals surface area contributed by atoms with Gasteiger partial charge < -0.3 is 5.73 Å². The van der Waals surface area contributed by atoms with Gasteiger partial charge in [0.2, 0.25) is 5.91 Å². The summed E-state index contributed by atoms with van der Waals surface area (Å²) in [6.07, 6.45) is 0.779. The van der Waals surface area contributed by atoms with Crippen LogP contribution in [0.25, 0.3) is 10.4 Å². The molecule has 1 amide bonds. The molecule has 1 saturated heterocycles. The molecule has 0 spiro atoms. The van der Waals surface area contributed by atoms with Crippen LogP contribution in [0.1, 0.15) is 18.2 Å². The third kappa shape index (κ3) is 4.42. The Labute approximate surface area is 158 Å². The molecule has 4 nitrogen and oxygen atoms in total. The van der Waals surface area contributed by atoms with Crippen molar-refractivity contribution in [2.24, 2.45) is 5.73 Å². The van der Waals surface area contributed by atoms with Gasteiger partial charge in [-0.2, -0.15) is 0 Å². The second-order valence-corrected chi connectivity index (χ2v) is 7.96. The highest BCUT2D eigenvalue weighted by Gasteiger charge is 2.26. The molecule has 2 N–H and O–H groups in total. The Bertz CT molecular complexity index is 725. The van der Waals surface area contributed by atoms with Crippen LogP contribution in [0.5, 0.6) is 0 Å². The van der Waals surface area contributed by atoms with E-state index in [2.05, 4.69) is 28.0 Å². The average molecular weight is 378 g/mol. The zero-order valence-electron chi connectivity index (χ0n) is 14.5. The molecule has 1 aromatic heterocycles. The summed E-state index contributed by atoms with van der Waals surface area (Å²) in [7, 11) is 0. The summed E-state index contributed by atoms with van der Waals surface area (Å²) in [5.41, 5.74) is 6.60. The molecule has 25 heavy (non-hydrogen) atoms. The molecule has 1 fully saturated rings. The molecule has 1 atom stereocenters. The van der Waals surface area contributed by atoms with Gasteiger partial charge in [0.1, 0.15) is 0 Å². The fourth-order valence-corrected chi connectivity index (χ4v) is 4.74. The van der Waals surface area contributed by atoms with Crippen LogP contribution in [-0.4, -0.2) is 47.9 Å². The molecule has 2 heterocycles. The van der Waals surface area contributed by atoms with Crippen molar-refractivity contribution < 1.29 is 4.79 Å². The van der Waals surface area contributed by atoms with E-state index in [-0.39, 0.29) is 11.9 Å². The third-order valence-electron chi connectivity index (χ3n) is 4.74. The molecule has 0 bridgehead atoms. The zero-order chi connectivity index (χ0) is 17.8. The minimum atomic E-state index is -0.210. The quantitative estimate of drug-likeness (QED) is 0.838. The summed E-state index contributed by atoms with van der Waals surface area (Å²) in [6, 6.07) is 12.2. The van der Waals surface area contributed by atoms with Crippen molar-refractivity contribution in [1.29, 1.82) is 0 Å². The van der Waals surface area contributed by atoms with E-state index in [1.165, 1.54) is 9.75 Å². The number of halogens is 1. The summed E-state index contributed by atoms with van der Waals surface area (Å²) in [6.45, 7) is 6.67. The Morgan fingerprint density at radius 1 is 1.20 bits per heavy atom. The first-order chi connectivity index (χ1) is 12.1. The van der Waals surface area contributed by atoms with E-state index in [9.17, 15) is 4.79 Å². The largest absolute Gasteiger partial charge is 0.368 e. The molecule has 2 aromatic rings. The molecular formula is C19H24ClN3OS. The number of carbonyl (C=O) groups excluding carboxylic acids is 1. The van der Waals surface area contributed by atoms with E-state index in [0.717, 1.165) is 49.7 Å². The lowest BCUT2D eigenvalue weighted by atomic mass is 10.1. The van der Waals surface area contributed by atoms with Gasteiger partial charge in [0.05, 0.1) is 6.04 Å². The van der Waals surface area contributed by atoms with Crippen molar-refractivity contribution in [3.8, 4) is 10.4 Å². The van der Waals surface area contributed by atoms with Gasteiger partial charge in [0.15, 0.2) is 0 Å². The van der Waals surface area contributed by atoms with Crippen molar-refractivity contribution in [2.75, 3.05) is 26.2 Å². The van der Waals surface area contributed by atoms with E-state index >= 15 is 0 Å². The predicted molar refractivity (Wildman–Crippen MR) is 105 cm³/mol. The molecule has 0 radical (unpaired) electrons. The predicted octanol–water partition coefficient (Wildman–Crippen LogP) is 3.45. The van der Waals surface area contributed by atoms with Crippen LogP contribution in [0.4, 0.5) is 0 Å². The monoisotopic (exact) mass is 377 g/mol. The van der Waals surface area contributed by atoms with Crippen LogP contribution in [0, 0.1) is 0 Å². The van der Waals surface area contributed by atoms with Crippen LogP contribution >= 0.6 is 22.9 Å². The van der Waals surface area contributed by atoms with Gasteiger partial charge >= 0.3 is 0 Å². The first kappa shape index (κ1) is 18.4. The molecule has 1 aliphatic heterocycles. The topological polar surface area (TPSA) is 49.6 Å². The number of carbonyl (C=O) groups is 1. The van der Waals surface area contributed by atoms with Gasteiger partial charge in [-0.25, -0.2) is 0 Å². The summed E-state index contributed by atoms with van der Waals surface area (Å²) >= 11 is 8.09. The van der Waals surface area contributed by atoms with Gasteiger partial charge in [-0.1, -0.05) is 36.7 Å². The highest BCUT2D eigenvalue weighted by atomic mass is 35.5. The Balaban J connectivity index is 1.58. The molecule has 0 aliphatic carbocycles. The van der Waals surface area contributed by atoms with Gasteiger partial charge in [0, 0.05) is 53.1 Å². The second-order valence-electron chi connectivity index (χ2n) is 6.38. The fraction of sp³-hybridized carbons (Fsp3) is 0.421. The number of nitrogens with two attached hydrogens (primary N) is 1. The number of amides is 1. The van der Waals surface area contributed by atoms with Crippen molar-refractivity contribution in [2.45, 2.75) is 25.9 Å². The molecule has 3 rings (SSSR count). The Kier molecular flexibility index (Phi) is 6.12. The molecule has 1 aromatic carbocycles. The van der Waals surface area contributed by atoms with Crippen LogP contribution in [0.15, 0.2) is 36.4 Å². The van der Waals surface area contributed by atoms with Gasteiger partial charge in [-0.05, 0) is 24.6 Å². The number of nitrogens with zero attached hydrogens (tertiary/aromatic N) is 2. The SMILES string of the molecule is CCC(C(N)=O)N1CCN(Cc2ccc(-c3ccccc3Cl)s2)CC1. The lowest BCUT2D eigenvalue weighted by Crippen LogP contribution is -2.53. The minimum Gasteiger partial charge on any atom is -0.368 e. The molecule has 1 aliphatic rings. The zero-order valence-corrected chi connectivity index (χ0v) is 16.0. The lowest BCUT2D eigenvalue weighted by molar-refractivity contribution is -0.124. The number of benzene rings is 1. The number of hydrogen-bond acceptors (Lipinski definition) is 4. The first-order valence-corrected chi connectivity index (χ1v) is 9.87. The summed E-state index contributed by atoms with van der Waals surface area (Å²) in [5, 5.41) is 0.793.